The van der Waals surface area contributed by atoms with E-state index < -0.39 is 0 Å². The second-order valence-corrected chi connectivity index (χ2v) is 10.1. The highest BCUT2D eigenvalue weighted by Gasteiger charge is 2.70. The molecule has 2 aromatic heterocycles. The number of nitriles is 1. The van der Waals surface area contributed by atoms with E-state index in [-0.39, 0.29) is 17.4 Å². The zero-order valence-corrected chi connectivity index (χ0v) is 17.0. The van der Waals surface area contributed by atoms with Crippen molar-refractivity contribution in [3.63, 3.8) is 0 Å². The molecule has 3 aliphatic carbocycles. The minimum absolute atomic E-state index is 0.0134. The molecule has 27 heavy (non-hydrogen) atoms. The number of rotatable bonds is 2. The molecule has 0 spiro atoms. The number of amides is 1. The van der Waals surface area contributed by atoms with Crippen molar-refractivity contribution in [2.24, 2.45) is 28.1 Å². The molecule has 142 valence electrons. The largest absolute Gasteiger partial charge is 0.347 e. The van der Waals surface area contributed by atoms with E-state index in [2.05, 4.69) is 62.9 Å². The van der Waals surface area contributed by atoms with Crippen LogP contribution in [-0.2, 0) is 0 Å². The van der Waals surface area contributed by atoms with Crippen molar-refractivity contribution in [1.29, 1.82) is 5.26 Å². The lowest BCUT2D eigenvalue weighted by molar-refractivity contribution is -0.260. The van der Waals surface area contributed by atoms with Crippen LogP contribution in [0.5, 0.6) is 0 Å². The normalized spacial score (nSPS) is 29.6. The van der Waals surface area contributed by atoms with E-state index in [0.717, 1.165) is 6.42 Å². The summed E-state index contributed by atoms with van der Waals surface area (Å²) in [6.07, 6.45) is 2.58. The molecule has 3 aliphatic rings. The van der Waals surface area contributed by atoms with Crippen LogP contribution in [0.2, 0.25) is 0 Å². The Morgan fingerprint density at radius 2 is 1.89 bits per heavy atom. The summed E-state index contributed by atoms with van der Waals surface area (Å²) in [4.78, 5) is 20.3. The number of hydrogen-bond acceptors (Lipinski definition) is 3. The van der Waals surface area contributed by atoms with Gasteiger partial charge in [-0.2, -0.15) is 5.26 Å². The quantitative estimate of drug-likeness (QED) is 0.835. The van der Waals surface area contributed by atoms with Crippen molar-refractivity contribution in [2.75, 3.05) is 0 Å². The number of aromatic amines is 1. The van der Waals surface area contributed by atoms with Gasteiger partial charge in [-0.25, -0.2) is 4.98 Å². The summed E-state index contributed by atoms with van der Waals surface area (Å²) in [7, 11) is 0. The first kappa shape index (κ1) is 18.0. The number of pyridine rings is 1. The SMILES string of the molecule is CC1(C)C2C[C@H](NC(=O)c3cc4c(C#N)ccnc4[nH]3)C(C)(C)C1C2(C)C. The summed E-state index contributed by atoms with van der Waals surface area (Å²) < 4.78 is 0. The number of H-pyrrole nitrogens is 1. The van der Waals surface area contributed by atoms with Crippen LogP contribution in [0.3, 0.4) is 0 Å². The van der Waals surface area contributed by atoms with Gasteiger partial charge in [0.05, 0.1) is 11.6 Å². The Hall–Kier alpha value is -2.35. The Kier molecular flexibility index (Phi) is 3.57. The van der Waals surface area contributed by atoms with Gasteiger partial charge in [0.15, 0.2) is 0 Å². The van der Waals surface area contributed by atoms with Crippen LogP contribution in [0.25, 0.3) is 11.0 Å². The first-order valence-corrected chi connectivity index (χ1v) is 9.70. The topological polar surface area (TPSA) is 81.6 Å². The maximum Gasteiger partial charge on any atom is 0.268 e. The predicted octanol–water partition coefficient (Wildman–Crippen LogP) is 4.26. The second kappa shape index (κ2) is 5.34. The van der Waals surface area contributed by atoms with Crippen LogP contribution in [0.4, 0.5) is 0 Å². The summed E-state index contributed by atoms with van der Waals surface area (Å²) in [5.74, 6) is 1.03. The molecule has 2 heterocycles. The zero-order valence-electron chi connectivity index (χ0n) is 17.0. The van der Waals surface area contributed by atoms with E-state index in [0.29, 0.717) is 45.0 Å². The van der Waals surface area contributed by atoms with Crippen LogP contribution in [-0.4, -0.2) is 21.9 Å². The third kappa shape index (κ3) is 2.29. The summed E-state index contributed by atoms with van der Waals surface area (Å²) in [6.45, 7) is 14.1. The fraction of sp³-hybridized carbons (Fsp3) is 0.591. The van der Waals surface area contributed by atoms with Crippen LogP contribution in [0.15, 0.2) is 18.3 Å². The Morgan fingerprint density at radius 3 is 2.48 bits per heavy atom. The molecular formula is C22H28N4O. The van der Waals surface area contributed by atoms with Crippen molar-refractivity contribution in [3.05, 3.63) is 29.6 Å². The van der Waals surface area contributed by atoms with Crippen molar-refractivity contribution < 1.29 is 4.79 Å². The number of carbonyl (C=O) groups excluding carboxylic acids is 1. The summed E-state index contributed by atoms with van der Waals surface area (Å²) in [5, 5.41) is 13.2. The van der Waals surface area contributed by atoms with Gasteiger partial charge in [0.25, 0.3) is 5.91 Å². The fourth-order valence-corrected chi connectivity index (χ4v) is 7.22. The average molecular weight is 364 g/mol. The molecule has 2 bridgehead atoms. The molecule has 2 N–H and O–H groups in total. The zero-order chi connectivity index (χ0) is 19.8. The van der Waals surface area contributed by atoms with Gasteiger partial charge in [-0.1, -0.05) is 41.5 Å². The van der Waals surface area contributed by atoms with Gasteiger partial charge in [-0.15, -0.1) is 0 Å². The molecule has 0 saturated heterocycles. The highest BCUT2D eigenvalue weighted by Crippen LogP contribution is 2.74. The fourth-order valence-electron chi connectivity index (χ4n) is 7.22. The van der Waals surface area contributed by atoms with Gasteiger partial charge < -0.3 is 10.3 Å². The monoisotopic (exact) mass is 364 g/mol. The number of aromatic nitrogens is 2. The molecule has 5 nitrogen and oxygen atoms in total. The lowest BCUT2D eigenvalue weighted by Gasteiger charge is -2.75. The maximum atomic E-state index is 13.0. The maximum absolute atomic E-state index is 13.0. The Morgan fingerprint density at radius 1 is 1.22 bits per heavy atom. The molecule has 0 aromatic carbocycles. The van der Waals surface area contributed by atoms with Crippen LogP contribution >= 0.6 is 0 Å². The van der Waals surface area contributed by atoms with Crippen molar-refractivity contribution in [2.45, 2.75) is 54.0 Å². The molecule has 3 fully saturated rings. The highest BCUT2D eigenvalue weighted by atomic mass is 16.2. The Labute approximate surface area is 160 Å². The van der Waals surface area contributed by atoms with Crippen molar-refractivity contribution in [1.82, 2.24) is 15.3 Å². The summed E-state index contributed by atoms with van der Waals surface area (Å²) in [5.41, 5.74) is 2.19. The van der Waals surface area contributed by atoms with Gasteiger partial charge >= 0.3 is 0 Å². The molecule has 5 heteroatoms. The minimum Gasteiger partial charge on any atom is -0.347 e. The first-order chi connectivity index (χ1) is 12.5. The first-order valence-electron chi connectivity index (χ1n) is 9.70. The molecular weight excluding hydrogens is 336 g/mol. The third-order valence-corrected chi connectivity index (χ3v) is 7.60. The lowest BCUT2D eigenvalue weighted by Crippen LogP contribution is -2.73. The van der Waals surface area contributed by atoms with Gasteiger partial charge in [0, 0.05) is 17.6 Å². The second-order valence-electron chi connectivity index (χ2n) is 10.1. The summed E-state index contributed by atoms with van der Waals surface area (Å²) >= 11 is 0. The third-order valence-electron chi connectivity index (χ3n) is 7.60. The van der Waals surface area contributed by atoms with Crippen LogP contribution in [0.1, 0.15) is 64.0 Å². The van der Waals surface area contributed by atoms with E-state index in [1.54, 1.807) is 18.3 Å². The molecule has 5 rings (SSSR count). The molecule has 0 aliphatic heterocycles. The molecule has 1 atom stereocenters. The minimum atomic E-state index is -0.119. The van der Waals surface area contributed by atoms with E-state index in [1.807, 2.05) is 0 Å². The Balaban J connectivity index is 1.61. The number of carbonyl (C=O) groups is 1. The van der Waals surface area contributed by atoms with E-state index in [1.165, 1.54) is 0 Å². The Bertz CT molecular complexity index is 960. The van der Waals surface area contributed by atoms with Crippen LogP contribution in [0, 0.1) is 39.4 Å². The number of nitrogens with one attached hydrogen (secondary N) is 2. The molecule has 1 amide bonds. The van der Waals surface area contributed by atoms with Gasteiger partial charge in [-0.05, 0) is 46.6 Å². The number of hydrogen-bond donors (Lipinski definition) is 2. The molecule has 0 radical (unpaired) electrons. The van der Waals surface area contributed by atoms with E-state index in [9.17, 15) is 10.1 Å². The lowest BCUT2D eigenvalue weighted by atomic mass is 9.30. The van der Waals surface area contributed by atoms with E-state index in [4.69, 9.17) is 0 Å². The standard InChI is InChI=1S/C22H28N4O/c1-20(2)15-10-16(22(5,6)19(20)21(15,3)4)26-18(27)14-9-13-12(11-23)7-8-24-17(13)25-14/h7-9,15-16,19H,10H2,1-6H3,(H,24,25)(H,26,27)/t15?,16-,19?/m0/s1. The number of fused-ring (bicyclic) bond motifs is 3. The summed E-state index contributed by atoms with van der Waals surface area (Å²) in [6, 6.07) is 5.69. The molecule has 0 unspecified atom stereocenters. The van der Waals surface area contributed by atoms with Gasteiger partial charge in [0.1, 0.15) is 11.3 Å². The van der Waals surface area contributed by atoms with Crippen molar-refractivity contribution in [3.8, 4) is 6.07 Å². The molecule has 3 saturated carbocycles. The molecule has 2 aromatic rings. The van der Waals surface area contributed by atoms with E-state index >= 15 is 0 Å². The smallest absolute Gasteiger partial charge is 0.268 e. The average Bonchev–Trinajstić information content (AvgIpc) is 2.99. The number of nitrogens with zero attached hydrogens (tertiary/aromatic N) is 2. The highest BCUT2D eigenvalue weighted by molar-refractivity contribution is 5.98. The van der Waals surface area contributed by atoms with Crippen LogP contribution < -0.4 is 5.32 Å². The predicted molar refractivity (Wildman–Crippen MR) is 105 cm³/mol. The van der Waals surface area contributed by atoms with Gasteiger partial charge in [0.2, 0.25) is 0 Å². The van der Waals surface area contributed by atoms with Crippen molar-refractivity contribution >= 4 is 16.9 Å². The van der Waals surface area contributed by atoms with Gasteiger partial charge in [-0.3, -0.25) is 4.79 Å².